The average molecular weight is 442 g/mol. The van der Waals surface area contributed by atoms with Crippen LogP contribution in [0.1, 0.15) is 59.6 Å². The number of benzene rings is 1. The summed E-state index contributed by atoms with van der Waals surface area (Å²) in [6, 6.07) is 5.07. The fourth-order valence-electron chi connectivity index (χ4n) is 3.60. The zero-order chi connectivity index (χ0) is 22.9. The van der Waals surface area contributed by atoms with Gasteiger partial charge in [-0.1, -0.05) is 13.0 Å². The Labute approximate surface area is 185 Å². The van der Waals surface area contributed by atoms with Gasteiger partial charge in [0.2, 0.25) is 5.91 Å². The van der Waals surface area contributed by atoms with Crippen LogP contribution in [0.2, 0.25) is 0 Å². The van der Waals surface area contributed by atoms with E-state index in [9.17, 15) is 14.4 Å². The molecule has 2 aromatic heterocycles. The summed E-state index contributed by atoms with van der Waals surface area (Å²) in [6.45, 7) is 11.0. The number of aryl methyl sites for hydroxylation is 3. The number of nitrogens with zero attached hydrogens (tertiary/aromatic N) is 2. The molecule has 0 saturated heterocycles. The molecule has 0 radical (unpaired) electrons. The summed E-state index contributed by atoms with van der Waals surface area (Å²) < 4.78 is 6.62. The molecule has 31 heavy (non-hydrogen) atoms. The molecule has 0 fully saturated rings. The van der Waals surface area contributed by atoms with Crippen LogP contribution >= 0.6 is 11.3 Å². The minimum atomic E-state index is -0.726. The van der Waals surface area contributed by atoms with E-state index in [2.05, 4.69) is 10.3 Å². The normalized spacial score (nSPS) is 12.2. The number of carbonyl (C=O) groups is 2. The molecule has 2 heterocycles. The average Bonchev–Trinajstić information content (AvgIpc) is 3.00. The highest BCUT2D eigenvalue weighted by Crippen LogP contribution is 2.28. The van der Waals surface area contributed by atoms with Gasteiger partial charge in [0.1, 0.15) is 15.7 Å². The minimum Gasteiger partial charge on any atom is -0.459 e. The number of fused-ring (bicyclic) bond motifs is 1. The minimum absolute atomic E-state index is 0.264. The van der Waals surface area contributed by atoms with Crippen molar-refractivity contribution in [2.75, 3.05) is 5.32 Å². The SMILES string of the molecule is CCC(C(=O)Nc1cc(C)cc(C)c1)n1cnc2sc(C(=O)OC(C)C)c(C)c2c1=O. The Hall–Kier alpha value is -3.00. The molecule has 0 aliphatic heterocycles. The van der Waals surface area contributed by atoms with E-state index in [4.69, 9.17) is 4.74 Å². The third-order valence-electron chi connectivity index (χ3n) is 4.92. The number of ether oxygens (including phenoxy) is 1. The molecule has 1 atom stereocenters. The highest BCUT2D eigenvalue weighted by molar-refractivity contribution is 7.20. The third-order valence-corrected chi connectivity index (χ3v) is 6.10. The second-order valence-corrected chi connectivity index (χ2v) is 8.94. The second-order valence-electron chi connectivity index (χ2n) is 7.94. The lowest BCUT2D eigenvalue weighted by Crippen LogP contribution is -2.33. The molecule has 0 spiro atoms. The first-order valence-electron chi connectivity index (χ1n) is 10.2. The number of esters is 1. The fraction of sp³-hybridized carbons (Fsp3) is 0.391. The quantitative estimate of drug-likeness (QED) is 0.567. The monoisotopic (exact) mass is 441 g/mol. The standard InChI is InChI=1S/C23H27N3O4S/c1-7-17(20(27)25-16-9-13(4)8-14(5)10-16)26-11-24-21-18(22(26)28)15(6)19(31-21)23(29)30-12(2)3/h8-12,17H,7H2,1-6H3,(H,25,27). The van der Waals surface area contributed by atoms with Gasteiger partial charge in [0.25, 0.3) is 5.56 Å². The van der Waals surface area contributed by atoms with E-state index < -0.39 is 12.0 Å². The van der Waals surface area contributed by atoms with Gasteiger partial charge in [-0.3, -0.25) is 14.2 Å². The molecule has 8 heteroatoms. The van der Waals surface area contributed by atoms with Gasteiger partial charge >= 0.3 is 5.97 Å². The lowest BCUT2D eigenvalue weighted by Gasteiger charge is -2.18. The molecule has 1 amide bonds. The van der Waals surface area contributed by atoms with Gasteiger partial charge < -0.3 is 10.1 Å². The molecule has 1 N–H and O–H groups in total. The van der Waals surface area contributed by atoms with Gasteiger partial charge in [0, 0.05) is 5.69 Å². The Morgan fingerprint density at radius 1 is 1.16 bits per heavy atom. The number of aromatic nitrogens is 2. The molecule has 0 aliphatic carbocycles. The highest BCUT2D eigenvalue weighted by atomic mass is 32.1. The van der Waals surface area contributed by atoms with E-state index >= 15 is 0 Å². The van der Waals surface area contributed by atoms with E-state index in [1.807, 2.05) is 39.0 Å². The number of rotatable bonds is 6. The Morgan fingerprint density at radius 2 is 1.81 bits per heavy atom. The molecule has 7 nitrogen and oxygen atoms in total. The number of amides is 1. The third kappa shape index (κ3) is 4.69. The molecular formula is C23H27N3O4S. The summed E-state index contributed by atoms with van der Waals surface area (Å²) in [7, 11) is 0. The maximum Gasteiger partial charge on any atom is 0.348 e. The van der Waals surface area contributed by atoms with Crippen LogP contribution in [0.5, 0.6) is 0 Å². The number of thiophene rings is 1. The van der Waals surface area contributed by atoms with Gasteiger partial charge in [-0.2, -0.15) is 0 Å². The number of anilines is 1. The number of carbonyl (C=O) groups excluding carboxylic acids is 2. The summed E-state index contributed by atoms with van der Waals surface area (Å²) in [4.78, 5) is 43.8. The van der Waals surface area contributed by atoms with Crippen molar-refractivity contribution in [2.45, 2.75) is 60.1 Å². The van der Waals surface area contributed by atoms with Crippen LogP contribution in [0.4, 0.5) is 5.69 Å². The number of hydrogen-bond donors (Lipinski definition) is 1. The van der Waals surface area contributed by atoms with Gasteiger partial charge in [0.15, 0.2) is 0 Å². The lowest BCUT2D eigenvalue weighted by atomic mass is 10.1. The van der Waals surface area contributed by atoms with Crippen LogP contribution in [0.15, 0.2) is 29.3 Å². The van der Waals surface area contributed by atoms with Crippen LogP contribution < -0.4 is 10.9 Å². The Morgan fingerprint density at radius 3 is 2.39 bits per heavy atom. The molecule has 1 aromatic carbocycles. The van der Waals surface area contributed by atoms with Crippen molar-refractivity contribution in [3.05, 3.63) is 56.4 Å². The van der Waals surface area contributed by atoms with Crippen molar-refractivity contribution in [3.8, 4) is 0 Å². The smallest absolute Gasteiger partial charge is 0.348 e. The Kier molecular flexibility index (Phi) is 6.59. The molecular weight excluding hydrogens is 414 g/mol. The summed E-state index contributed by atoms with van der Waals surface area (Å²) in [5.41, 5.74) is 2.96. The van der Waals surface area contributed by atoms with E-state index in [0.29, 0.717) is 32.8 Å². The molecule has 0 aliphatic rings. The van der Waals surface area contributed by atoms with E-state index in [0.717, 1.165) is 22.5 Å². The molecule has 3 aromatic rings. The second kappa shape index (κ2) is 9.01. The summed E-state index contributed by atoms with van der Waals surface area (Å²) >= 11 is 1.13. The van der Waals surface area contributed by atoms with Crippen molar-refractivity contribution < 1.29 is 14.3 Å². The first-order chi connectivity index (χ1) is 14.6. The lowest BCUT2D eigenvalue weighted by molar-refractivity contribution is -0.119. The van der Waals surface area contributed by atoms with Crippen molar-refractivity contribution >= 4 is 39.1 Å². The fourth-order valence-corrected chi connectivity index (χ4v) is 4.62. The van der Waals surface area contributed by atoms with Crippen molar-refractivity contribution in [1.29, 1.82) is 0 Å². The summed E-state index contributed by atoms with van der Waals surface area (Å²) in [5, 5.41) is 3.26. The van der Waals surface area contributed by atoms with Gasteiger partial charge in [-0.25, -0.2) is 9.78 Å². The molecule has 164 valence electrons. The van der Waals surface area contributed by atoms with Gasteiger partial charge in [0.05, 0.1) is 17.8 Å². The molecule has 0 bridgehead atoms. The molecule has 0 saturated carbocycles. The van der Waals surface area contributed by atoms with Crippen LogP contribution in [0.3, 0.4) is 0 Å². The zero-order valence-corrected chi connectivity index (χ0v) is 19.4. The number of nitrogens with one attached hydrogen (secondary N) is 1. The number of hydrogen-bond acceptors (Lipinski definition) is 6. The maximum atomic E-state index is 13.3. The molecule has 3 rings (SSSR count). The highest BCUT2D eigenvalue weighted by Gasteiger charge is 2.25. The van der Waals surface area contributed by atoms with Crippen molar-refractivity contribution in [1.82, 2.24) is 9.55 Å². The summed E-state index contributed by atoms with van der Waals surface area (Å²) in [6.07, 6.45) is 1.53. The van der Waals surface area contributed by atoms with Crippen molar-refractivity contribution in [2.24, 2.45) is 0 Å². The first-order valence-corrected chi connectivity index (χ1v) is 11.0. The largest absolute Gasteiger partial charge is 0.459 e. The van der Waals surface area contributed by atoms with Gasteiger partial charge in [-0.15, -0.1) is 11.3 Å². The maximum absolute atomic E-state index is 13.3. The van der Waals surface area contributed by atoms with E-state index in [-0.39, 0.29) is 17.6 Å². The first kappa shape index (κ1) is 22.7. The predicted octanol–water partition coefficient (Wildman–Crippen LogP) is 4.54. The van der Waals surface area contributed by atoms with E-state index in [1.54, 1.807) is 20.8 Å². The predicted molar refractivity (Wildman–Crippen MR) is 123 cm³/mol. The topological polar surface area (TPSA) is 90.3 Å². The van der Waals surface area contributed by atoms with E-state index in [1.165, 1.54) is 10.9 Å². The van der Waals surface area contributed by atoms with Gasteiger partial charge in [-0.05, 0) is 69.9 Å². The van der Waals surface area contributed by atoms with Crippen LogP contribution in [0.25, 0.3) is 10.2 Å². The van der Waals surface area contributed by atoms with Crippen LogP contribution in [0, 0.1) is 20.8 Å². The van der Waals surface area contributed by atoms with Crippen LogP contribution in [-0.4, -0.2) is 27.5 Å². The molecule has 1 unspecified atom stereocenters. The zero-order valence-electron chi connectivity index (χ0n) is 18.6. The Bertz CT molecular complexity index is 1190. The van der Waals surface area contributed by atoms with Crippen molar-refractivity contribution in [3.63, 3.8) is 0 Å². The van der Waals surface area contributed by atoms with Crippen LogP contribution in [-0.2, 0) is 9.53 Å². The summed E-state index contributed by atoms with van der Waals surface area (Å²) in [5.74, 6) is -0.760. The Balaban J connectivity index is 1.99.